The van der Waals surface area contributed by atoms with Crippen LogP contribution in [-0.4, -0.2) is 50.2 Å². The van der Waals surface area contributed by atoms with Crippen molar-refractivity contribution in [2.24, 2.45) is 0 Å². The van der Waals surface area contributed by atoms with Gasteiger partial charge in [0.25, 0.3) is 0 Å². The zero-order valence-electron chi connectivity index (χ0n) is 9.79. The van der Waals surface area contributed by atoms with Gasteiger partial charge in [-0.1, -0.05) is 0 Å². The summed E-state index contributed by atoms with van der Waals surface area (Å²) in [6.45, 7) is 4.46. The molecule has 0 aromatic rings. The van der Waals surface area contributed by atoms with Crippen molar-refractivity contribution >= 4 is 0 Å². The summed E-state index contributed by atoms with van der Waals surface area (Å²) in [6.07, 6.45) is 3.17. The summed E-state index contributed by atoms with van der Waals surface area (Å²) in [6, 6.07) is 0. The quantitative estimate of drug-likeness (QED) is 0.682. The Kier molecular flexibility index (Phi) is 5.53. The van der Waals surface area contributed by atoms with Crippen molar-refractivity contribution in [1.29, 1.82) is 0 Å². The van der Waals surface area contributed by atoms with Crippen molar-refractivity contribution in [3.8, 4) is 0 Å². The van der Waals surface area contributed by atoms with Gasteiger partial charge in [0.15, 0.2) is 0 Å². The van der Waals surface area contributed by atoms with Crippen molar-refractivity contribution < 1.29 is 14.6 Å². The van der Waals surface area contributed by atoms with Gasteiger partial charge in [0.05, 0.1) is 12.7 Å². The summed E-state index contributed by atoms with van der Waals surface area (Å²) in [7, 11) is 1.87. The van der Waals surface area contributed by atoms with E-state index in [0.717, 1.165) is 32.5 Å². The van der Waals surface area contributed by atoms with Crippen LogP contribution >= 0.6 is 0 Å². The van der Waals surface area contributed by atoms with Gasteiger partial charge in [-0.05, 0) is 33.2 Å². The summed E-state index contributed by atoms with van der Waals surface area (Å²) < 4.78 is 11.0. The van der Waals surface area contributed by atoms with Crippen LogP contribution in [0.1, 0.15) is 26.2 Å². The van der Waals surface area contributed by atoms with Gasteiger partial charge >= 0.3 is 0 Å². The van der Waals surface area contributed by atoms with E-state index in [1.165, 1.54) is 0 Å². The van der Waals surface area contributed by atoms with Crippen LogP contribution in [-0.2, 0) is 9.47 Å². The van der Waals surface area contributed by atoms with Crippen LogP contribution < -0.4 is 5.32 Å². The molecule has 1 fully saturated rings. The Morgan fingerprint density at radius 2 is 2.13 bits per heavy atom. The summed E-state index contributed by atoms with van der Waals surface area (Å²) in [4.78, 5) is 0. The number of hydrogen-bond acceptors (Lipinski definition) is 4. The highest BCUT2D eigenvalue weighted by molar-refractivity contribution is 4.80. The third-order valence-electron chi connectivity index (χ3n) is 3.13. The summed E-state index contributed by atoms with van der Waals surface area (Å²) in [5, 5.41) is 12.3. The van der Waals surface area contributed by atoms with Gasteiger partial charge in [0.2, 0.25) is 0 Å². The summed E-state index contributed by atoms with van der Waals surface area (Å²) in [5.74, 6) is 0. The molecule has 1 unspecified atom stereocenters. The highest BCUT2D eigenvalue weighted by Gasteiger charge is 2.21. The van der Waals surface area contributed by atoms with Crippen LogP contribution in [0.4, 0.5) is 0 Å². The van der Waals surface area contributed by atoms with E-state index >= 15 is 0 Å². The van der Waals surface area contributed by atoms with Crippen LogP contribution in [0.3, 0.4) is 0 Å². The number of aliphatic hydroxyl groups is 1. The van der Waals surface area contributed by atoms with E-state index in [1.54, 1.807) is 0 Å². The van der Waals surface area contributed by atoms with Crippen LogP contribution in [0.5, 0.6) is 0 Å². The largest absolute Gasteiger partial charge is 0.394 e. The number of nitrogens with one attached hydrogen (secondary N) is 1. The Labute approximate surface area is 92.0 Å². The van der Waals surface area contributed by atoms with Crippen molar-refractivity contribution in [2.45, 2.75) is 37.8 Å². The van der Waals surface area contributed by atoms with Gasteiger partial charge < -0.3 is 19.9 Å². The van der Waals surface area contributed by atoms with Gasteiger partial charge in [-0.3, -0.25) is 0 Å². The molecule has 0 aromatic heterocycles. The molecule has 0 aliphatic carbocycles. The molecule has 1 heterocycles. The van der Waals surface area contributed by atoms with Gasteiger partial charge in [-0.2, -0.15) is 0 Å². The molecule has 1 rings (SSSR count). The van der Waals surface area contributed by atoms with E-state index in [2.05, 4.69) is 5.32 Å². The monoisotopic (exact) mass is 217 g/mol. The Bertz CT molecular complexity index is 165. The normalized spacial score (nSPS) is 22.6. The van der Waals surface area contributed by atoms with Crippen molar-refractivity contribution in [2.75, 3.05) is 33.5 Å². The van der Waals surface area contributed by atoms with Crippen molar-refractivity contribution in [3.05, 3.63) is 0 Å². The van der Waals surface area contributed by atoms with Crippen molar-refractivity contribution in [3.63, 3.8) is 0 Å². The molecule has 2 N–H and O–H groups in total. The minimum Gasteiger partial charge on any atom is -0.394 e. The molecule has 0 radical (unpaired) electrons. The SMILES string of the molecule is CNC(C)(CO)CCOC1CCOCC1. The van der Waals surface area contributed by atoms with Gasteiger partial charge in [-0.15, -0.1) is 0 Å². The third kappa shape index (κ3) is 4.47. The third-order valence-corrected chi connectivity index (χ3v) is 3.13. The predicted octanol–water partition coefficient (Wildman–Crippen LogP) is 0.542. The molecule has 1 saturated heterocycles. The molecule has 90 valence electrons. The van der Waals surface area contributed by atoms with E-state index in [1.807, 2.05) is 14.0 Å². The minimum absolute atomic E-state index is 0.140. The molecule has 4 nitrogen and oxygen atoms in total. The predicted molar refractivity (Wildman–Crippen MR) is 59.0 cm³/mol. The molecule has 1 aliphatic heterocycles. The van der Waals surface area contributed by atoms with Crippen LogP contribution in [0.25, 0.3) is 0 Å². The Morgan fingerprint density at radius 3 is 2.67 bits per heavy atom. The maximum Gasteiger partial charge on any atom is 0.0619 e. The molecular weight excluding hydrogens is 194 g/mol. The molecule has 0 bridgehead atoms. The highest BCUT2D eigenvalue weighted by Crippen LogP contribution is 2.13. The molecule has 15 heavy (non-hydrogen) atoms. The molecule has 1 atom stereocenters. The van der Waals surface area contributed by atoms with E-state index in [4.69, 9.17) is 9.47 Å². The minimum atomic E-state index is -0.217. The maximum absolute atomic E-state index is 9.18. The van der Waals surface area contributed by atoms with Gasteiger partial charge in [0.1, 0.15) is 0 Å². The fourth-order valence-electron chi connectivity index (χ4n) is 1.58. The molecule has 0 aromatic carbocycles. The standard InChI is InChI=1S/C11H23NO3/c1-11(9-13,12-2)5-8-15-10-3-6-14-7-4-10/h10,12-13H,3-9H2,1-2H3. The molecule has 0 spiro atoms. The van der Waals surface area contributed by atoms with Crippen molar-refractivity contribution in [1.82, 2.24) is 5.32 Å². The second kappa shape index (κ2) is 6.43. The first-order valence-corrected chi connectivity index (χ1v) is 5.69. The topological polar surface area (TPSA) is 50.7 Å². The molecule has 1 aliphatic rings. The number of likely N-dealkylation sites (N-methyl/N-ethyl adjacent to an activating group) is 1. The Morgan fingerprint density at radius 1 is 1.47 bits per heavy atom. The fourth-order valence-corrected chi connectivity index (χ4v) is 1.58. The van der Waals surface area contributed by atoms with E-state index in [9.17, 15) is 5.11 Å². The molecule has 0 saturated carbocycles. The van der Waals surface area contributed by atoms with Crippen LogP contribution in [0.15, 0.2) is 0 Å². The highest BCUT2D eigenvalue weighted by atomic mass is 16.5. The number of hydrogen-bond donors (Lipinski definition) is 2. The van der Waals surface area contributed by atoms with E-state index in [0.29, 0.717) is 12.7 Å². The molecule has 4 heteroatoms. The van der Waals surface area contributed by atoms with Crippen LogP contribution in [0, 0.1) is 0 Å². The zero-order valence-corrected chi connectivity index (χ0v) is 9.79. The summed E-state index contributed by atoms with van der Waals surface area (Å²) in [5.41, 5.74) is -0.217. The van der Waals surface area contributed by atoms with Crippen LogP contribution in [0.2, 0.25) is 0 Å². The van der Waals surface area contributed by atoms with E-state index < -0.39 is 0 Å². The number of ether oxygens (including phenoxy) is 2. The van der Waals surface area contributed by atoms with Gasteiger partial charge in [-0.25, -0.2) is 0 Å². The zero-order chi connectivity index (χ0) is 11.1. The lowest BCUT2D eigenvalue weighted by Crippen LogP contribution is -2.44. The lowest BCUT2D eigenvalue weighted by atomic mass is 10.00. The maximum atomic E-state index is 9.18. The Balaban J connectivity index is 2.14. The Hall–Kier alpha value is -0.160. The smallest absolute Gasteiger partial charge is 0.0619 e. The lowest BCUT2D eigenvalue weighted by Gasteiger charge is -2.28. The lowest BCUT2D eigenvalue weighted by molar-refractivity contribution is -0.0385. The first kappa shape index (κ1) is 12.9. The number of rotatable bonds is 6. The average molecular weight is 217 g/mol. The first-order valence-electron chi connectivity index (χ1n) is 5.69. The molecule has 0 amide bonds. The second-order valence-electron chi connectivity index (χ2n) is 4.40. The molecular formula is C11H23NO3. The average Bonchev–Trinajstić information content (AvgIpc) is 2.30. The fraction of sp³-hybridized carbons (Fsp3) is 1.00. The summed E-state index contributed by atoms with van der Waals surface area (Å²) >= 11 is 0. The number of aliphatic hydroxyl groups excluding tert-OH is 1. The first-order chi connectivity index (χ1) is 7.20. The van der Waals surface area contributed by atoms with E-state index in [-0.39, 0.29) is 12.1 Å². The van der Waals surface area contributed by atoms with Gasteiger partial charge in [0, 0.05) is 25.4 Å². The second-order valence-corrected chi connectivity index (χ2v) is 4.40.